The largest absolute Gasteiger partial charge is 0.493 e. The van der Waals surface area contributed by atoms with Crippen LogP contribution in [-0.4, -0.2) is 41.6 Å². The number of nitrogens with zero attached hydrogens (tertiary/aromatic N) is 3. The number of nitrogens with one attached hydrogen (secondary N) is 1. The van der Waals surface area contributed by atoms with Gasteiger partial charge in [0.2, 0.25) is 11.1 Å². The van der Waals surface area contributed by atoms with Crippen LogP contribution in [0.5, 0.6) is 11.5 Å². The molecule has 1 aliphatic heterocycles. The number of fused-ring (bicyclic) bond motifs is 1. The molecule has 1 N–H and O–H groups in total. The second kappa shape index (κ2) is 12.2. The van der Waals surface area contributed by atoms with Crippen molar-refractivity contribution in [2.45, 2.75) is 43.6 Å². The summed E-state index contributed by atoms with van der Waals surface area (Å²) in [6.07, 6.45) is 1.71. The lowest BCUT2D eigenvalue weighted by Gasteiger charge is -2.28. The summed E-state index contributed by atoms with van der Waals surface area (Å²) < 4.78 is 19.1. The van der Waals surface area contributed by atoms with Crippen LogP contribution in [0, 0.1) is 0 Å². The molecular weight excluding hydrogens is 580 g/mol. The SMILES string of the molecule is CCCCOC(=O)C1=C(C)Nc2nc(SCc3ccccc3Cl)nn2C1c1cc(Br)c(OC)c(OC)c1. The molecule has 1 aliphatic rings. The van der Waals surface area contributed by atoms with E-state index in [-0.39, 0.29) is 0 Å². The van der Waals surface area contributed by atoms with E-state index in [0.29, 0.717) is 55.7 Å². The fourth-order valence-electron chi connectivity index (χ4n) is 4.01. The van der Waals surface area contributed by atoms with Gasteiger partial charge in [0.15, 0.2) is 11.5 Å². The van der Waals surface area contributed by atoms with E-state index >= 15 is 0 Å². The number of rotatable bonds is 10. The van der Waals surface area contributed by atoms with Crippen molar-refractivity contribution in [1.29, 1.82) is 0 Å². The number of thioether (sulfide) groups is 1. The number of esters is 1. The van der Waals surface area contributed by atoms with Crippen molar-refractivity contribution >= 4 is 51.2 Å². The number of hydrogen-bond acceptors (Lipinski definition) is 8. The lowest BCUT2D eigenvalue weighted by molar-refractivity contribution is -0.139. The number of unbranched alkanes of at least 4 members (excludes halogenated alkanes) is 1. The zero-order chi connectivity index (χ0) is 26.5. The third kappa shape index (κ3) is 5.91. The summed E-state index contributed by atoms with van der Waals surface area (Å²) in [7, 11) is 3.15. The Morgan fingerprint density at radius 1 is 1.24 bits per heavy atom. The van der Waals surface area contributed by atoms with E-state index in [1.165, 1.54) is 11.8 Å². The van der Waals surface area contributed by atoms with Gasteiger partial charge in [-0.2, -0.15) is 4.98 Å². The number of hydrogen-bond donors (Lipinski definition) is 1. The van der Waals surface area contributed by atoms with Crippen LogP contribution in [0.3, 0.4) is 0 Å². The zero-order valence-electron chi connectivity index (χ0n) is 21.0. The second-order valence-corrected chi connectivity index (χ2v) is 10.5. The summed E-state index contributed by atoms with van der Waals surface area (Å²) in [5.41, 5.74) is 2.86. The highest BCUT2D eigenvalue weighted by Crippen LogP contribution is 2.43. The summed E-state index contributed by atoms with van der Waals surface area (Å²) in [5, 5.41) is 9.27. The van der Waals surface area contributed by atoms with E-state index < -0.39 is 12.0 Å². The Hall–Kier alpha value is -2.69. The molecule has 0 radical (unpaired) electrons. The van der Waals surface area contributed by atoms with Gasteiger partial charge in [0.05, 0.1) is 30.9 Å². The first-order chi connectivity index (χ1) is 17.9. The van der Waals surface area contributed by atoms with Crippen LogP contribution in [0.2, 0.25) is 5.02 Å². The molecule has 0 amide bonds. The Bertz CT molecular complexity index is 1330. The number of halogens is 2. The summed E-state index contributed by atoms with van der Waals surface area (Å²) in [5.74, 6) is 1.81. The number of benzene rings is 2. The van der Waals surface area contributed by atoms with Gasteiger partial charge in [0, 0.05) is 16.5 Å². The maximum atomic E-state index is 13.3. The fourth-order valence-corrected chi connectivity index (χ4v) is 5.74. The Morgan fingerprint density at radius 3 is 2.73 bits per heavy atom. The van der Waals surface area contributed by atoms with Crippen LogP contribution in [0.4, 0.5) is 5.95 Å². The molecule has 3 aromatic rings. The molecule has 1 unspecified atom stereocenters. The van der Waals surface area contributed by atoms with E-state index in [0.717, 1.165) is 24.0 Å². The summed E-state index contributed by atoms with van der Waals surface area (Å²) >= 11 is 11.4. The molecular formula is C26H28BrClN4O4S. The van der Waals surface area contributed by atoms with E-state index in [2.05, 4.69) is 21.2 Å². The normalized spacial score (nSPS) is 14.7. The number of aromatic nitrogens is 3. The van der Waals surface area contributed by atoms with Gasteiger partial charge in [-0.05, 0) is 58.6 Å². The van der Waals surface area contributed by atoms with Gasteiger partial charge >= 0.3 is 5.97 Å². The minimum Gasteiger partial charge on any atom is -0.493 e. The molecule has 0 spiro atoms. The van der Waals surface area contributed by atoms with Crippen molar-refractivity contribution in [2.75, 3.05) is 26.1 Å². The number of ether oxygens (including phenoxy) is 3. The minimum absolute atomic E-state index is 0.345. The Morgan fingerprint density at radius 2 is 2.03 bits per heavy atom. The molecule has 2 aromatic carbocycles. The number of carbonyl (C=O) groups excluding carboxylic acids is 1. The van der Waals surface area contributed by atoms with Gasteiger partial charge in [0.1, 0.15) is 6.04 Å². The topological polar surface area (TPSA) is 87.5 Å². The summed E-state index contributed by atoms with van der Waals surface area (Å²) in [6.45, 7) is 4.24. The number of anilines is 1. The molecule has 0 aliphatic carbocycles. The Balaban J connectivity index is 1.75. The minimum atomic E-state index is -0.594. The first-order valence-electron chi connectivity index (χ1n) is 11.8. The maximum absolute atomic E-state index is 13.3. The number of methoxy groups -OCH3 is 2. The van der Waals surface area contributed by atoms with Crippen molar-refractivity contribution in [3.63, 3.8) is 0 Å². The maximum Gasteiger partial charge on any atom is 0.338 e. The lowest BCUT2D eigenvalue weighted by atomic mass is 9.95. The highest BCUT2D eigenvalue weighted by Gasteiger charge is 2.36. The van der Waals surface area contributed by atoms with Crippen LogP contribution in [0.25, 0.3) is 0 Å². The molecule has 0 bridgehead atoms. The quantitative estimate of drug-likeness (QED) is 0.156. The van der Waals surface area contributed by atoms with Gasteiger partial charge in [-0.3, -0.25) is 0 Å². The van der Waals surface area contributed by atoms with Gasteiger partial charge in [0.25, 0.3) is 0 Å². The average molecular weight is 608 g/mol. The molecule has 8 nitrogen and oxygen atoms in total. The monoisotopic (exact) mass is 606 g/mol. The van der Waals surface area contributed by atoms with E-state index in [4.69, 9.17) is 35.9 Å². The molecule has 0 saturated heterocycles. The van der Waals surface area contributed by atoms with Crippen LogP contribution >= 0.6 is 39.3 Å². The Labute approximate surface area is 233 Å². The van der Waals surface area contributed by atoms with Crippen molar-refractivity contribution in [3.8, 4) is 11.5 Å². The van der Waals surface area contributed by atoms with E-state index in [1.54, 1.807) is 18.9 Å². The third-order valence-electron chi connectivity index (χ3n) is 5.87. The van der Waals surface area contributed by atoms with Crippen LogP contribution in [0.15, 0.2) is 57.3 Å². The van der Waals surface area contributed by atoms with Crippen molar-refractivity contribution < 1.29 is 19.0 Å². The first-order valence-corrected chi connectivity index (χ1v) is 13.9. The zero-order valence-corrected chi connectivity index (χ0v) is 24.2. The van der Waals surface area contributed by atoms with Crippen LogP contribution < -0.4 is 14.8 Å². The lowest BCUT2D eigenvalue weighted by Crippen LogP contribution is -2.30. The molecule has 0 fully saturated rings. The smallest absolute Gasteiger partial charge is 0.338 e. The molecule has 4 rings (SSSR count). The van der Waals surface area contributed by atoms with E-state index in [1.807, 2.05) is 50.2 Å². The predicted molar refractivity (Wildman–Crippen MR) is 149 cm³/mol. The highest BCUT2D eigenvalue weighted by atomic mass is 79.9. The second-order valence-electron chi connectivity index (χ2n) is 8.34. The fraction of sp³-hybridized carbons (Fsp3) is 0.346. The average Bonchev–Trinajstić information content (AvgIpc) is 3.29. The van der Waals surface area contributed by atoms with Crippen molar-refractivity contribution in [3.05, 3.63) is 68.3 Å². The van der Waals surface area contributed by atoms with Crippen molar-refractivity contribution in [2.24, 2.45) is 0 Å². The molecule has 0 saturated carbocycles. The van der Waals surface area contributed by atoms with Gasteiger partial charge in [-0.25, -0.2) is 9.48 Å². The first kappa shape index (κ1) is 27.3. The van der Waals surface area contributed by atoms with Gasteiger partial charge in [-0.15, -0.1) is 5.10 Å². The van der Waals surface area contributed by atoms with E-state index in [9.17, 15) is 4.79 Å². The van der Waals surface area contributed by atoms with Crippen LogP contribution in [0.1, 0.15) is 43.9 Å². The molecule has 2 heterocycles. The third-order valence-corrected chi connectivity index (χ3v) is 7.71. The number of carbonyl (C=O) groups is 1. The summed E-state index contributed by atoms with van der Waals surface area (Å²) in [4.78, 5) is 18.0. The van der Waals surface area contributed by atoms with Gasteiger partial charge < -0.3 is 19.5 Å². The number of allylic oxidation sites excluding steroid dienone is 1. The Kier molecular flexibility index (Phi) is 9.04. The standard InChI is InChI=1S/C26H28BrClN4O4S/c1-5-6-11-36-24(33)21-15(2)29-25-30-26(37-14-16-9-7-8-10-19(16)28)31-32(25)22(21)17-12-18(27)23(35-4)20(13-17)34-3/h7-10,12-13,22H,5-6,11,14H2,1-4H3,(H,29,30,31). The summed E-state index contributed by atoms with van der Waals surface area (Å²) in [6, 6.07) is 10.8. The highest BCUT2D eigenvalue weighted by molar-refractivity contribution is 9.10. The van der Waals surface area contributed by atoms with Gasteiger partial charge in [-0.1, -0.05) is 54.9 Å². The predicted octanol–water partition coefficient (Wildman–Crippen LogP) is 6.64. The molecule has 37 heavy (non-hydrogen) atoms. The van der Waals surface area contributed by atoms with Crippen LogP contribution in [-0.2, 0) is 15.3 Å². The van der Waals surface area contributed by atoms with Crippen molar-refractivity contribution in [1.82, 2.24) is 14.8 Å². The molecule has 1 atom stereocenters. The molecule has 196 valence electrons. The molecule has 11 heteroatoms. The molecule has 1 aromatic heterocycles.